The Morgan fingerprint density at radius 2 is 1.79 bits per heavy atom. The Labute approximate surface area is 231 Å². The van der Waals surface area contributed by atoms with Gasteiger partial charge >= 0.3 is 6.09 Å². The molecule has 2 heterocycles. The number of hydrogen-bond donors (Lipinski definition) is 1. The lowest BCUT2D eigenvalue weighted by atomic mass is 9.82. The van der Waals surface area contributed by atoms with Crippen molar-refractivity contribution in [3.8, 4) is 17.1 Å². The van der Waals surface area contributed by atoms with E-state index >= 15 is 0 Å². The molecule has 1 N–H and O–H groups in total. The molecule has 2 aromatic rings. The van der Waals surface area contributed by atoms with Gasteiger partial charge in [-0.2, -0.15) is 4.68 Å². The third kappa shape index (κ3) is 4.85. The molecule has 1 aliphatic heterocycles. The number of aliphatic hydroxyl groups excluding tert-OH is 1. The number of amides is 1. The highest BCUT2D eigenvalue weighted by Gasteiger charge is 2.72. The van der Waals surface area contributed by atoms with Gasteiger partial charge in [0.1, 0.15) is 12.2 Å². The minimum absolute atomic E-state index is 0.100. The molecule has 5 rings (SSSR count). The zero-order valence-electron chi connectivity index (χ0n) is 24.6. The van der Waals surface area contributed by atoms with Crippen molar-refractivity contribution in [3.05, 3.63) is 34.9 Å². The van der Waals surface area contributed by atoms with Crippen LogP contribution in [0.15, 0.2) is 18.2 Å². The first kappa shape index (κ1) is 27.7. The van der Waals surface area contributed by atoms with E-state index in [2.05, 4.69) is 11.2 Å². The second-order valence-corrected chi connectivity index (χ2v) is 13.8. The van der Waals surface area contributed by atoms with Gasteiger partial charge in [-0.3, -0.25) is 4.79 Å². The summed E-state index contributed by atoms with van der Waals surface area (Å²) in [6.45, 7) is 15.9. The van der Waals surface area contributed by atoms with Crippen molar-refractivity contribution in [2.24, 2.45) is 16.7 Å². The third-order valence-corrected chi connectivity index (χ3v) is 8.70. The smallest absolute Gasteiger partial charge is 0.435 e. The van der Waals surface area contributed by atoms with Crippen LogP contribution in [-0.2, 0) is 9.53 Å². The normalized spacial score (nSPS) is 24.5. The molecule has 1 spiro atoms. The zero-order valence-corrected chi connectivity index (χ0v) is 24.6. The van der Waals surface area contributed by atoms with Gasteiger partial charge in [-0.05, 0) is 85.8 Å². The molecule has 2 saturated carbocycles. The van der Waals surface area contributed by atoms with Gasteiger partial charge in [0.2, 0.25) is 11.8 Å². The van der Waals surface area contributed by atoms with Gasteiger partial charge in [-0.15, -0.1) is 5.10 Å². The first-order chi connectivity index (χ1) is 18.2. The van der Waals surface area contributed by atoms with E-state index in [-0.39, 0.29) is 30.9 Å². The van der Waals surface area contributed by atoms with E-state index in [4.69, 9.17) is 9.47 Å². The molecule has 2 aliphatic carbocycles. The van der Waals surface area contributed by atoms with Crippen molar-refractivity contribution in [3.63, 3.8) is 0 Å². The van der Waals surface area contributed by atoms with Crippen molar-refractivity contribution < 1.29 is 24.2 Å². The fourth-order valence-electron chi connectivity index (χ4n) is 6.72. The van der Waals surface area contributed by atoms with Crippen LogP contribution >= 0.6 is 0 Å². The van der Waals surface area contributed by atoms with E-state index in [1.165, 1.54) is 17.5 Å². The molecule has 8 heteroatoms. The van der Waals surface area contributed by atoms with E-state index in [1.807, 2.05) is 72.4 Å². The SMILES string of the molecule is Cc1cc(C)cc(-c2c([C@H](C)CO)c(OCC(C)(C)C(=O)N3CC45CC4CCC35)nn2C(=O)OC(C)(C)C)c1. The average Bonchev–Trinajstić information content (AvgIpc) is 3.32. The highest BCUT2D eigenvalue weighted by molar-refractivity contribution is 5.84. The molecule has 1 saturated heterocycles. The summed E-state index contributed by atoms with van der Waals surface area (Å²) in [5.74, 6) is 0.782. The number of ether oxygens (including phenoxy) is 2. The Morgan fingerprint density at radius 3 is 2.36 bits per heavy atom. The minimum Gasteiger partial charge on any atom is -0.475 e. The molecule has 8 nitrogen and oxygen atoms in total. The van der Waals surface area contributed by atoms with Gasteiger partial charge < -0.3 is 19.5 Å². The lowest BCUT2D eigenvalue weighted by Gasteiger charge is -2.50. The fraction of sp³-hybridized carbons (Fsp3) is 0.645. The molecule has 4 atom stereocenters. The number of carbonyl (C=O) groups is 2. The summed E-state index contributed by atoms with van der Waals surface area (Å²) in [6.07, 6.45) is 2.98. The number of carbonyl (C=O) groups excluding carboxylic acids is 2. The Bertz CT molecular complexity index is 1280. The summed E-state index contributed by atoms with van der Waals surface area (Å²) in [7, 11) is 0. The molecule has 212 valence electrons. The molecule has 3 unspecified atom stereocenters. The molecule has 3 fully saturated rings. The molecule has 1 aromatic heterocycles. The van der Waals surface area contributed by atoms with E-state index in [1.54, 1.807) is 0 Å². The molecule has 0 bridgehead atoms. The van der Waals surface area contributed by atoms with Gasteiger partial charge in [0, 0.05) is 41.7 Å². The first-order valence-electron chi connectivity index (χ1n) is 14.2. The summed E-state index contributed by atoms with van der Waals surface area (Å²) >= 11 is 0. The van der Waals surface area contributed by atoms with Crippen LogP contribution < -0.4 is 4.74 Å². The maximum atomic E-state index is 13.6. The standard InChI is InChI=1S/C31H43N3O5/c1-18-11-19(2)13-21(12-18)25-24(20(3)15-35)26(32-34(25)28(37)39-29(4,5)6)38-17-30(7,8)27(36)33-16-31-14-22(31)9-10-23(31)33/h11-13,20,22-23,35H,9-10,14-17H2,1-8H3/t20-,22?,23?,31?/m1/s1. The van der Waals surface area contributed by atoms with Crippen LogP contribution in [0.25, 0.3) is 11.3 Å². The van der Waals surface area contributed by atoms with Crippen LogP contribution in [0.2, 0.25) is 0 Å². The van der Waals surface area contributed by atoms with Gasteiger partial charge in [0.25, 0.3) is 0 Å². The molecule has 1 aromatic carbocycles. The maximum absolute atomic E-state index is 13.6. The summed E-state index contributed by atoms with van der Waals surface area (Å²) in [5.41, 5.74) is 2.93. The monoisotopic (exact) mass is 537 g/mol. The number of rotatable bonds is 7. The van der Waals surface area contributed by atoms with Gasteiger partial charge in [0.05, 0.1) is 11.1 Å². The van der Waals surface area contributed by atoms with Crippen molar-refractivity contribution in [2.75, 3.05) is 19.8 Å². The summed E-state index contributed by atoms with van der Waals surface area (Å²) < 4.78 is 13.2. The maximum Gasteiger partial charge on any atom is 0.435 e. The van der Waals surface area contributed by atoms with Crippen molar-refractivity contribution >= 4 is 12.0 Å². The predicted octanol–water partition coefficient (Wildman–Crippen LogP) is 5.46. The first-order valence-corrected chi connectivity index (χ1v) is 14.2. The molecule has 39 heavy (non-hydrogen) atoms. The van der Waals surface area contributed by atoms with Crippen LogP contribution in [0.3, 0.4) is 0 Å². The quantitative estimate of drug-likeness (QED) is 0.504. The largest absolute Gasteiger partial charge is 0.475 e. The molecular formula is C31H43N3O5. The molecule has 1 amide bonds. The average molecular weight is 538 g/mol. The van der Waals surface area contributed by atoms with Gasteiger partial charge in [-0.1, -0.05) is 24.1 Å². The van der Waals surface area contributed by atoms with Gasteiger partial charge in [0.15, 0.2) is 0 Å². The van der Waals surface area contributed by atoms with E-state index < -0.39 is 17.1 Å². The Kier molecular flexibility index (Phi) is 6.64. The number of hydrogen-bond acceptors (Lipinski definition) is 6. The molecule has 0 radical (unpaired) electrons. The highest BCUT2D eigenvalue weighted by atomic mass is 16.6. The number of nitrogens with zero attached hydrogens (tertiary/aromatic N) is 3. The van der Waals surface area contributed by atoms with Crippen LogP contribution in [-0.4, -0.2) is 63.2 Å². The molecule has 3 aliphatic rings. The lowest BCUT2D eigenvalue weighted by Crippen LogP contribution is -2.62. The fourth-order valence-corrected chi connectivity index (χ4v) is 6.72. The lowest BCUT2D eigenvalue weighted by molar-refractivity contribution is -0.156. The van der Waals surface area contributed by atoms with Crippen molar-refractivity contribution in [2.45, 2.75) is 92.2 Å². The highest BCUT2D eigenvalue weighted by Crippen LogP contribution is 2.70. The number of likely N-dealkylation sites (tertiary alicyclic amines) is 1. The topological polar surface area (TPSA) is 93.9 Å². The number of aromatic nitrogens is 2. The van der Waals surface area contributed by atoms with Crippen molar-refractivity contribution in [1.29, 1.82) is 0 Å². The van der Waals surface area contributed by atoms with Crippen LogP contribution in [0.1, 0.15) is 83.4 Å². The van der Waals surface area contributed by atoms with E-state index in [0.29, 0.717) is 22.7 Å². The summed E-state index contributed by atoms with van der Waals surface area (Å²) in [6, 6.07) is 6.42. The zero-order chi connectivity index (χ0) is 28.5. The second-order valence-electron chi connectivity index (χ2n) is 13.8. The van der Waals surface area contributed by atoms with E-state index in [9.17, 15) is 14.7 Å². The Hall–Kier alpha value is -2.87. The Morgan fingerprint density at radius 1 is 1.13 bits per heavy atom. The predicted molar refractivity (Wildman–Crippen MR) is 149 cm³/mol. The number of benzene rings is 1. The summed E-state index contributed by atoms with van der Waals surface area (Å²) in [5, 5.41) is 14.8. The summed E-state index contributed by atoms with van der Waals surface area (Å²) in [4.78, 5) is 29.0. The number of aliphatic hydroxyl groups is 1. The second kappa shape index (κ2) is 9.36. The van der Waals surface area contributed by atoms with Crippen LogP contribution in [0.5, 0.6) is 5.88 Å². The van der Waals surface area contributed by atoms with Crippen LogP contribution in [0, 0.1) is 30.6 Å². The van der Waals surface area contributed by atoms with Crippen LogP contribution in [0.4, 0.5) is 4.79 Å². The third-order valence-electron chi connectivity index (χ3n) is 8.70. The molecular weight excluding hydrogens is 494 g/mol. The van der Waals surface area contributed by atoms with E-state index in [0.717, 1.165) is 35.6 Å². The number of aryl methyl sites for hydroxylation is 2. The Balaban J connectivity index is 1.48. The minimum atomic E-state index is -0.774. The van der Waals surface area contributed by atoms with Crippen molar-refractivity contribution in [1.82, 2.24) is 14.7 Å². The van der Waals surface area contributed by atoms with Gasteiger partial charge in [-0.25, -0.2) is 4.79 Å².